The fraction of sp³-hybridized carbons (Fsp3) is 1.00. The van der Waals surface area contributed by atoms with Crippen LogP contribution in [0.3, 0.4) is 0 Å². The molecule has 2 nitrogen and oxygen atoms in total. The van der Waals surface area contributed by atoms with Crippen LogP contribution >= 0.6 is 0 Å². The largest absolute Gasteiger partial charge is 0.383 e. The van der Waals surface area contributed by atoms with Crippen LogP contribution in [0.15, 0.2) is 0 Å². The van der Waals surface area contributed by atoms with Gasteiger partial charge >= 0.3 is 0 Å². The number of ether oxygens (including phenoxy) is 1. The molecule has 1 N–H and O–H groups in total. The Morgan fingerprint density at radius 1 is 1.13 bits per heavy atom. The smallest absolute Gasteiger partial charge is 0.0615 e. The molecule has 0 aromatic carbocycles. The molecule has 2 unspecified atom stereocenters. The Hall–Kier alpha value is -0.0800. The van der Waals surface area contributed by atoms with Gasteiger partial charge in [-0.1, -0.05) is 39.5 Å². The van der Waals surface area contributed by atoms with Crippen molar-refractivity contribution in [2.45, 2.75) is 58.4 Å². The molecule has 2 heteroatoms. The maximum absolute atomic E-state index is 5.18. The molecule has 0 spiro atoms. The fourth-order valence-electron chi connectivity index (χ4n) is 1.99. The topological polar surface area (TPSA) is 21.3 Å². The van der Waals surface area contributed by atoms with Gasteiger partial charge in [-0.05, 0) is 25.8 Å². The molecule has 0 rings (SSSR count). The first-order valence-electron chi connectivity index (χ1n) is 6.44. The zero-order valence-electron chi connectivity index (χ0n) is 11.0. The quantitative estimate of drug-likeness (QED) is 0.604. The first kappa shape index (κ1) is 14.9. The molecular formula is C13H29NO. The van der Waals surface area contributed by atoms with Crippen molar-refractivity contribution in [1.82, 2.24) is 5.32 Å². The van der Waals surface area contributed by atoms with Gasteiger partial charge in [0.2, 0.25) is 0 Å². The molecule has 0 aliphatic carbocycles. The van der Waals surface area contributed by atoms with Crippen LogP contribution in [0.4, 0.5) is 0 Å². The highest BCUT2D eigenvalue weighted by Crippen LogP contribution is 2.19. The number of rotatable bonds is 10. The van der Waals surface area contributed by atoms with Crippen molar-refractivity contribution in [1.29, 1.82) is 0 Å². The lowest BCUT2D eigenvalue weighted by Crippen LogP contribution is -2.30. The lowest BCUT2D eigenvalue weighted by atomic mass is 9.92. The Bertz CT molecular complexity index is 128. The van der Waals surface area contributed by atoms with E-state index in [4.69, 9.17) is 4.74 Å². The SMILES string of the molecule is CCCCC(CC)CCC(COC)NC. The van der Waals surface area contributed by atoms with E-state index in [1.807, 2.05) is 7.05 Å². The highest BCUT2D eigenvalue weighted by atomic mass is 16.5. The highest BCUT2D eigenvalue weighted by Gasteiger charge is 2.10. The fourth-order valence-corrected chi connectivity index (χ4v) is 1.99. The number of unbranched alkanes of at least 4 members (excludes halogenated alkanes) is 1. The Morgan fingerprint density at radius 3 is 2.33 bits per heavy atom. The van der Waals surface area contributed by atoms with Crippen LogP contribution in [0, 0.1) is 5.92 Å². The number of likely N-dealkylation sites (N-methyl/N-ethyl adjacent to an activating group) is 1. The number of methoxy groups -OCH3 is 1. The highest BCUT2D eigenvalue weighted by molar-refractivity contribution is 4.67. The molecule has 15 heavy (non-hydrogen) atoms. The summed E-state index contributed by atoms with van der Waals surface area (Å²) in [5.41, 5.74) is 0. The van der Waals surface area contributed by atoms with Crippen molar-refractivity contribution < 1.29 is 4.74 Å². The molecule has 92 valence electrons. The molecule has 0 bridgehead atoms. The van der Waals surface area contributed by atoms with E-state index < -0.39 is 0 Å². The molecule has 0 amide bonds. The second-order valence-electron chi connectivity index (χ2n) is 4.43. The first-order chi connectivity index (χ1) is 7.28. The number of nitrogens with one attached hydrogen (secondary N) is 1. The van der Waals surface area contributed by atoms with Gasteiger partial charge in [-0.3, -0.25) is 0 Å². The Kier molecular flexibility index (Phi) is 10.4. The van der Waals surface area contributed by atoms with E-state index in [0.717, 1.165) is 12.5 Å². The van der Waals surface area contributed by atoms with Crippen LogP contribution in [-0.2, 0) is 4.74 Å². The van der Waals surface area contributed by atoms with Gasteiger partial charge in [-0.15, -0.1) is 0 Å². The second kappa shape index (κ2) is 10.4. The summed E-state index contributed by atoms with van der Waals surface area (Å²) in [4.78, 5) is 0. The van der Waals surface area contributed by atoms with Gasteiger partial charge in [0.15, 0.2) is 0 Å². The van der Waals surface area contributed by atoms with Crippen LogP contribution < -0.4 is 5.32 Å². The van der Waals surface area contributed by atoms with Gasteiger partial charge in [0, 0.05) is 13.2 Å². The maximum Gasteiger partial charge on any atom is 0.0615 e. The summed E-state index contributed by atoms with van der Waals surface area (Å²) in [6, 6.07) is 0.533. The third-order valence-corrected chi connectivity index (χ3v) is 3.24. The number of hydrogen-bond acceptors (Lipinski definition) is 2. The van der Waals surface area contributed by atoms with Gasteiger partial charge in [-0.25, -0.2) is 0 Å². The van der Waals surface area contributed by atoms with Crippen LogP contribution in [0.25, 0.3) is 0 Å². The molecule has 0 heterocycles. The molecule has 0 aromatic heterocycles. The van der Waals surface area contributed by atoms with Crippen LogP contribution in [-0.4, -0.2) is 26.8 Å². The summed E-state index contributed by atoms with van der Waals surface area (Å²) in [7, 11) is 3.80. The summed E-state index contributed by atoms with van der Waals surface area (Å²) >= 11 is 0. The maximum atomic E-state index is 5.18. The van der Waals surface area contributed by atoms with Crippen molar-refractivity contribution in [3.05, 3.63) is 0 Å². The molecule has 0 radical (unpaired) electrons. The van der Waals surface area contributed by atoms with Crippen molar-refractivity contribution in [2.24, 2.45) is 5.92 Å². The molecule has 0 aromatic rings. The Balaban J connectivity index is 3.66. The molecule has 2 atom stereocenters. The lowest BCUT2D eigenvalue weighted by Gasteiger charge is -2.19. The molecule has 0 saturated carbocycles. The van der Waals surface area contributed by atoms with Crippen LogP contribution in [0.5, 0.6) is 0 Å². The summed E-state index contributed by atoms with van der Waals surface area (Å²) in [5, 5.41) is 3.31. The third kappa shape index (κ3) is 7.80. The van der Waals surface area contributed by atoms with Gasteiger partial charge in [0.25, 0.3) is 0 Å². The molecule has 0 saturated heterocycles. The van der Waals surface area contributed by atoms with Gasteiger partial charge in [0.1, 0.15) is 0 Å². The minimum absolute atomic E-state index is 0.533. The normalized spacial score (nSPS) is 15.2. The zero-order valence-corrected chi connectivity index (χ0v) is 11.0. The molecular weight excluding hydrogens is 186 g/mol. The summed E-state index contributed by atoms with van der Waals surface area (Å²) < 4.78 is 5.18. The minimum atomic E-state index is 0.533. The Labute approximate surface area is 95.8 Å². The molecule has 0 aliphatic heterocycles. The van der Waals surface area contributed by atoms with Gasteiger partial charge < -0.3 is 10.1 Å². The van der Waals surface area contributed by atoms with Crippen LogP contribution in [0.2, 0.25) is 0 Å². The van der Waals surface area contributed by atoms with E-state index in [-0.39, 0.29) is 0 Å². The van der Waals surface area contributed by atoms with Crippen molar-refractivity contribution in [2.75, 3.05) is 20.8 Å². The van der Waals surface area contributed by atoms with E-state index in [1.54, 1.807) is 7.11 Å². The van der Waals surface area contributed by atoms with Crippen molar-refractivity contribution in [3.63, 3.8) is 0 Å². The van der Waals surface area contributed by atoms with Gasteiger partial charge in [0.05, 0.1) is 6.61 Å². The summed E-state index contributed by atoms with van der Waals surface area (Å²) in [6.07, 6.45) is 8.01. The first-order valence-corrected chi connectivity index (χ1v) is 6.44. The summed E-state index contributed by atoms with van der Waals surface area (Å²) in [5.74, 6) is 0.914. The minimum Gasteiger partial charge on any atom is -0.383 e. The molecule has 0 aliphatic rings. The van der Waals surface area contributed by atoms with Crippen LogP contribution in [0.1, 0.15) is 52.4 Å². The van der Waals surface area contributed by atoms with Crippen molar-refractivity contribution in [3.8, 4) is 0 Å². The van der Waals surface area contributed by atoms with Crippen molar-refractivity contribution >= 4 is 0 Å². The van der Waals surface area contributed by atoms with E-state index in [1.165, 1.54) is 38.5 Å². The van der Waals surface area contributed by atoms with E-state index in [2.05, 4.69) is 19.2 Å². The summed E-state index contributed by atoms with van der Waals surface area (Å²) in [6.45, 7) is 5.42. The standard InChI is InChI=1S/C13H29NO/c1-5-7-8-12(6-2)9-10-13(14-3)11-15-4/h12-14H,5-11H2,1-4H3. The van der Waals surface area contributed by atoms with E-state index in [0.29, 0.717) is 6.04 Å². The monoisotopic (exact) mass is 215 g/mol. The average molecular weight is 215 g/mol. The third-order valence-electron chi connectivity index (χ3n) is 3.24. The zero-order chi connectivity index (χ0) is 11.5. The van der Waals surface area contributed by atoms with Gasteiger partial charge in [-0.2, -0.15) is 0 Å². The average Bonchev–Trinajstić information content (AvgIpc) is 2.27. The lowest BCUT2D eigenvalue weighted by molar-refractivity contribution is 0.161. The molecule has 0 fully saturated rings. The predicted octanol–water partition coefficient (Wildman–Crippen LogP) is 3.22. The number of hydrogen-bond donors (Lipinski definition) is 1. The second-order valence-corrected chi connectivity index (χ2v) is 4.43. The Morgan fingerprint density at radius 2 is 1.87 bits per heavy atom. The van der Waals surface area contributed by atoms with E-state index in [9.17, 15) is 0 Å². The van der Waals surface area contributed by atoms with E-state index >= 15 is 0 Å². The predicted molar refractivity (Wildman–Crippen MR) is 67.3 cm³/mol.